The van der Waals surface area contributed by atoms with Gasteiger partial charge in [0.05, 0.1) is 0 Å². The maximum absolute atomic E-state index is 6.63. The number of rotatable bonds is 7. The van der Waals surface area contributed by atoms with Crippen molar-refractivity contribution in [2.75, 3.05) is 20.6 Å². The topological polar surface area (TPSA) is 29.3 Å². The second kappa shape index (κ2) is 18.0. The Kier molecular flexibility index (Phi) is 24.8. The molecule has 0 aromatic rings. The van der Waals surface area contributed by atoms with Gasteiger partial charge < -0.3 is 10.6 Å². The summed E-state index contributed by atoms with van der Waals surface area (Å²) in [6, 6.07) is 0. The Bertz CT molecular complexity index is 176. The maximum Gasteiger partial charge on any atom is 0.0334 e. The molecule has 1 unspecified atom stereocenters. The Morgan fingerprint density at radius 3 is 1.33 bits per heavy atom. The fraction of sp³-hybridized carbons (Fsp3) is 1.00. The van der Waals surface area contributed by atoms with Crippen LogP contribution in [0.15, 0.2) is 0 Å². The van der Waals surface area contributed by atoms with Gasteiger partial charge in [-0.1, -0.05) is 82.1 Å². The maximum atomic E-state index is 6.63. The minimum atomic E-state index is -0.0543. The Morgan fingerprint density at radius 2 is 1.10 bits per heavy atom. The highest BCUT2D eigenvalue weighted by atomic mass is 15.1. The van der Waals surface area contributed by atoms with Gasteiger partial charge in [-0.3, -0.25) is 0 Å². The number of likely N-dealkylation sites (N-methyl/N-ethyl adjacent to an activating group) is 1. The van der Waals surface area contributed by atoms with Gasteiger partial charge in [-0.15, -0.1) is 0 Å². The van der Waals surface area contributed by atoms with Crippen LogP contribution >= 0.6 is 0 Å². The lowest BCUT2D eigenvalue weighted by atomic mass is 9.67. The molecule has 0 amide bonds. The van der Waals surface area contributed by atoms with E-state index in [-0.39, 0.29) is 11.0 Å². The molecule has 0 radical (unpaired) electrons. The standard InChI is InChI=1S/C13H30N2.3C2H6/c1-7-9-12(3,4)13(14,10-8-2)11-15(5)6;3*1-2/h7-11,14H2,1-6H3;3*1-2H3. The van der Waals surface area contributed by atoms with Gasteiger partial charge >= 0.3 is 0 Å². The van der Waals surface area contributed by atoms with E-state index < -0.39 is 0 Å². The molecule has 134 valence electrons. The van der Waals surface area contributed by atoms with Crippen molar-refractivity contribution in [3.05, 3.63) is 0 Å². The molecule has 0 bridgehead atoms. The lowest BCUT2D eigenvalue weighted by molar-refractivity contribution is 0.103. The molecule has 0 heterocycles. The van der Waals surface area contributed by atoms with E-state index in [9.17, 15) is 0 Å². The number of nitrogens with two attached hydrogens (primary N) is 1. The first kappa shape index (κ1) is 29.0. The van der Waals surface area contributed by atoms with Crippen LogP contribution in [0.4, 0.5) is 0 Å². The second-order valence-corrected chi connectivity index (χ2v) is 5.78. The van der Waals surface area contributed by atoms with E-state index in [1.54, 1.807) is 0 Å². The molecule has 1 atom stereocenters. The van der Waals surface area contributed by atoms with Crippen LogP contribution in [0.1, 0.15) is 94.9 Å². The van der Waals surface area contributed by atoms with E-state index in [1.165, 1.54) is 12.8 Å². The number of hydrogen-bond donors (Lipinski definition) is 1. The van der Waals surface area contributed by atoms with Crippen LogP contribution in [-0.2, 0) is 0 Å². The molecule has 2 nitrogen and oxygen atoms in total. The lowest BCUT2D eigenvalue weighted by Crippen LogP contribution is -2.58. The van der Waals surface area contributed by atoms with Crippen LogP contribution in [0.2, 0.25) is 0 Å². The molecule has 0 aliphatic heterocycles. The van der Waals surface area contributed by atoms with Gasteiger partial charge in [-0.25, -0.2) is 0 Å². The largest absolute Gasteiger partial charge is 0.324 e. The van der Waals surface area contributed by atoms with Crippen molar-refractivity contribution >= 4 is 0 Å². The average molecular weight is 305 g/mol. The molecule has 0 aliphatic rings. The van der Waals surface area contributed by atoms with Crippen LogP contribution in [-0.4, -0.2) is 31.1 Å². The molecular formula is C19H48N2. The summed E-state index contributed by atoms with van der Waals surface area (Å²) in [6.07, 6.45) is 4.69. The molecule has 2 heteroatoms. The average Bonchev–Trinajstić information content (AvgIpc) is 2.44. The molecular weight excluding hydrogens is 256 g/mol. The van der Waals surface area contributed by atoms with Crippen molar-refractivity contribution in [2.24, 2.45) is 11.1 Å². The predicted octanol–water partition coefficient (Wildman–Crippen LogP) is 5.95. The van der Waals surface area contributed by atoms with Gasteiger partial charge in [0.15, 0.2) is 0 Å². The monoisotopic (exact) mass is 304 g/mol. The molecule has 2 N–H and O–H groups in total. The summed E-state index contributed by atoms with van der Waals surface area (Å²) >= 11 is 0. The second-order valence-electron chi connectivity index (χ2n) is 5.78. The Hall–Kier alpha value is -0.0800. The highest BCUT2D eigenvalue weighted by Gasteiger charge is 2.40. The number of hydrogen-bond acceptors (Lipinski definition) is 2. The summed E-state index contributed by atoms with van der Waals surface area (Å²) < 4.78 is 0. The van der Waals surface area contributed by atoms with Crippen molar-refractivity contribution in [1.29, 1.82) is 0 Å². The summed E-state index contributed by atoms with van der Waals surface area (Å²) in [5, 5.41) is 0. The molecule has 0 aromatic heterocycles. The Labute approximate surface area is 137 Å². The van der Waals surface area contributed by atoms with Crippen LogP contribution in [0.5, 0.6) is 0 Å². The SMILES string of the molecule is CC.CC.CC.CCCC(C)(C)C(N)(CCC)CN(C)C. The van der Waals surface area contributed by atoms with Gasteiger partial charge in [-0.2, -0.15) is 0 Å². The molecule has 0 rings (SSSR count). The summed E-state index contributed by atoms with van der Waals surface area (Å²) in [5.74, 6) is 0. The third kappa shape index (κ3) is 13.3. The number of nitrogens with zero attached hydrogens (tertiary/aromatic N) is 1. The quantitative estimate of drug-likeness (QED) is 0.629. The molecule has 0 spiro atoms. The van der Waals surface area contributed by atoms with Gasteiger partial charge in [0, 0.05) is 12.1 Å². The molecule has 0 aliphatic carbocycles. The molecule has 0 saturated carbocycles. The fourth-order valence-electron chi connectivity index (χ4n) is 2.52. The summed E-state index contributed by atoms with van der Waals surface area (Å²) in [4.78, 5) is 2.22. The molecule has 0 saturated heterocycles. The first-order valence-corrected chi connectivity index (χ1v) is 9.22. The summed E-state index contributed by atoms with van der Waals surface area (Å²) in [6.45, 7) is 22.1. The normalized spacial score (nSPS) is 12.9. The first-order valence-electron chi connectivity index (χ1n) is 9.22. The van der Waals surface area contributed by atoms with Gasteiger partial charge in [0.2, 0.25) is 0 Å². The predicted molar refractivity (Wildman–Crippen MR) is 103 cm³/mol. The van der Waals surface area contributed by atoms with E-state index in [0.29, 0.717) is 0 Å². The van der Waals surface area contributed by atoms with E-state index >= 15 is 0 Å². The zero-order chi connectivity index (χ0) is 18.1. The smallest absolute Gasteiger partial charge is 0.0334 e. The minimum Gasteiger partial charge on any atom is -0.324 e. The molecule has 0 fully saturated rings. The highest BCUT2D eigenvalue weighted by molar-refractivity contribution is 4.98. The first-order chi connectivity index (χ1) is 9.79. The third-order valence-corrected chi connectivity index (χ3v) is 3.52. The van der Waals surface area contributed by atoms with Crippen molar-refractivity contribution in [3.63, 3.8) is 0 Å². The zero-order valence-corrected chi connectivity index (χ0v) is 17.6. The van der Waals surface area contributed by atoms with Crippen LogP contribution in [0.25, 0.3) is 0 Å². The summed E-state index contributed by atoms with van der Waals surface area (Å²) in [7, 11) is 4.22. The van der Waals surface area contributed by atoms with Crippen molar-refractivity contribution < 1.29 is 0 Å². The molecule has 0 aromatic carbocycles. The van der Waals surface area contributed by atoms with Crippen molar-refractivity contribution in [3.8, 4) is 0 Å². The minimum absolute atomic E-state index is 0.0543. The van der Waals surface area contributed by atoms with E-state index in [1.807, 2.05) is 41.5 Å². The lowest BCUT2D eigenvalue weighted by Gasteiger charge is -2.46. The Balaban J connectivity index is -0.000000212. The van der Waals surface area contributed by atoms with Crippen LogP contribution < -0.4 is 5.73 Å². The van der Waals surface area contributed by atoms with Crippen molar-refractivity contribution in [1.82, 2.24) is 4.90 Å². The van der Waals surface area contributed by atoms with E-state index in [4.69, 9.17) is 5.73 Å². The molecule has 21 heavy (non-hydrogen) atoms. The van der Waals surface area contributed by atoms with Crippen molar-refractivity contribution in [2.45, 2.75) is 100 Å². The highest BCUT2D eigenvalue weighted by Crippen LogP contribution is 2.37. The van der Waals surface area contributed by atoms with Gasteiger partial charge in [-0.05, 0) is 32.4 Å². The van der Waals surface area contributed by atoms with E-state index in [0.717, 1.165) is 19.4 Å². The third-order valence-electron chi connectivity index (χ3n) is 3.52. The Morgan fingerprint density at radius 1 is 0.762 bits per heavy atom. The fourth-order valence-corrected chi connectivity index (χ4v) is 2.52. The zero-order valence-electron chi connectivity index (χ0n) is 17.6. The van der Waals surface area contributed by atoms with E-state index in [2.05, 4.69) is 46.7 Å². The van der Waals surface area contributed by atoms with Gasteiger partial charge in [0.1, 0.15) is 0 Å². The van der Waals surface area contributed by atoms with Gasteiger partial charge in [0.25, 0.3) is 0 Å². The van der Waals surface area contributed by atoms with Crippen LogP contribution in [0.3, 0.4) is 0 Å². The summed E-state index contributed by atoms with van der Waals surface area (Å²) in [5.41, 5.74) is 6.80. The van der Waals surface area contributed by atoms with Crippen LogP contribution in [0, 0.1) is 5.41 Å².